The number of hydrogen-bond donors (Lipinski definition) is 1. The smallest absolute Gasteiger partial charge is 0.123 e. The van der Waals surface area contributed by atoms with Gasteiger partial charge in [-0.05, 0) is 48.0 Å². The molecule has 0 aliphatic carbocycles. The molecule has 2 aromatic rings. The van der Waals surface area contributed by atoms with E-state index in [0.717, 1.165) is 15.7 Å². The third kappa shape index (κ3) is 3.32. The fourth-order valence-electron chi connectivity index (χ4n) is 2.12. The van der Waals surface area contributed by atoms with Crippen molar-refractivity contribution in [1.29, 1.82) is 0 Å². The molecule has 5 heteroatoms. The normalized spacial score (nSPS) is 12.2. The summed E-state index contributed by atoms with van der Waals surface area (Å²) in [5, 5.41) is 0.664. The Bertz CT molecular complexity index is 589. The van der Waals surface area contributed by atoms with Crippen molar-refractivity contribution < 1.29 is 4.39 Å². The van der Waals surface area contributed by atoms with E-state index >= 15 is 0 Å². The summed E-state index contributed by atoms with van der Waals surface area (Å²) >= 11 is 9.70. The first-order valence-corrected chi connectivity index (χ1v) is 7.33. The van der Waals surface area contributed by atoms with Crippen LogP contribution in [-0.2, 0) is 0 Å². The molecule has 2 aromatic carbocycles. The van der Waals surface area contributed by atoms with Crippen molar-refractivity contribution >= 4 is 33.2 Å². The number of anilines is 1. The van der Waals surface area contributed by atoms with E-state index in [1.54, 1.807) is 12.1 Å². The lowest BCUT2D eigenvalue weighted by Gasteiger charge is -2.30. The third-order valence-electron chi connectivity index (χ3n) is 3.24. The molecular formula is C15H15BrClFN2. The molecule has 0 amide bonds. The summed E-state index contributed by atoms with van der Waals surface area (Å²) in [6.07, 6.45) is 0. The highest BCUT2D eigenvalue weighted by molar-refractivity contribution is 9.10. The van der Waals surface area contributed by atoms with Crippen molar-refractivity contribution in [2.75, 3.05) is 18.5 Å². The van der Waals surface area contributed by atoms with Crippen LogP contribution >= 0.6 is 27.5 Å². The molecule has 106 valence electrons. The summed E-state index contributed by atoms with van der Waals surface area (Å²) in [4.78, 5) is 1.99. The number of likely N-dealkylation sites (N-methyl/N-ethyl adjacent to an activating group) is 1. The van der Waals surface area contributed by atoms with Crippen LogP contribution in [0.25, 0.3) is 0 Å². The Morgan fingerprint density at radius 1 is 1.25 bits per heavy atom. The van der Waals surface area contributed by atoms with Crippen LogP contribution < -0.4 is 10.6 Å². The highest BCUT2D eigenvalue weighted by Gasteiger charge is 2.19. The Labute approximate surface area is 131 Å². The molecule has 0 spiro atoms. The van der Waals surface area contributed by atoms with Crippen LogP contribution in [-0.4, -0.2) is 13.6 Å². The van der Waals surface area contributed by atoms with Crippen LogP contribution in [0.4, 0.5) is 10.1 Å². The van der Waals surface area contributed by atoms with E-state index < -0.39 is 0 Å². The molecule has 2 N–H and O–H groups in total. The van der Waals surface area contributed by atoms with Crippen LogP contribution in [0.2, 0.25) is 5.02 Å². The number of nitrogens with two attached hydrogens (primary N) is 1. The predicted molar refractivity (Wildman–Crippen MR) is 85.8 cm³/mol. The van der Waals surface area contributed by atoms with E-state index in [2.05, 4.69) is 15.9 Å². The van der Waals surface area contributed by atoms with Gasteiger partial charge in [0.15, 0.2) is 0 Å². The minimum atomic E-state index is -0.257. The topological polar surface area (TPSA) is 29.3 Å². The average Bonchev–Trinajstić information content (AvgIpc) is 2.44. The van der Waals surface area contributed by atoms with Gasteiger partial charge in [-0.1, -0.05) is 27.5 Å². The van der Waals surface area contributed by atoms with Crippen LogP contribution in [0, 0.1) is 5.82 Å². The number of halogens is 3. The molecule has 20 heavy (non-hydrogen) atoms. The average molecular weight is 358 g/mol. The fraction of sp³-hybridized carbons (Fsp3) is 0.200. The summed E-state index contributed by atoms with van der Waals surface area (Å²) in [6, 6.07) is 11.9. The van der Waals surface area contributed by atoms with Gasteiger partial charge in [0.05, 0.1) is 6.04 Å². The number of rotatable bonds is 4. The van der Waals surface area contributed by atoms with Crippen molar-refractivity contribution in [3.63, 3.8) is 0 Å². The monoisotopic (exact) mass is 356 g/mol. The molecule has 0 saturated carbocycles. The first kappa shape index (κ1) is 15.3. The van der Waals surface area contributed by atoms with Gasteiger partial charge in [-0.2, -0.15) is 0 Å². The minimum absolute atomic E-state index is 0.0783. The van der Waals surface area contributed by atoms with Gasteiger partial charge < -0.3 is 10.6 Å². The first-order chi connectivity index (χ1) is 9.52. The molecule has 0 fully saturated rings. The Morgan fingerprint density at radius 2 is 1.90 bits per heavy atom. The zero-order valence-electron chi connectivity index (χ0n) is 11.0. The third-order valence-corrected chi connectivity index (χ3v) is 4.08. The van der Waals surface area contributed by atoms with Crippen LogP contribution in [0.3, 0.4) is 0 Å². The van der Waals surface area contributed by atoms with Gasteiger partial charge in [-0.25, -0.2) is 4.39 Å². The lowest BCUT2D eigenvalue weighted by atomic mass is 10.0. The largest absolute Gasteiger partial charge is 0.366 e. The molecule has 0 bridgehead atoms. The first-order valence-electron chi connectivity index (χ1n) is 6.16. The molecule has 0 aliphatic heterocycles. The van der Waals surface area contributed by atoms with Crippen LogP contribution in [0.5, 0.6) is 0 Å². The SMILES string of the molecule is CN(c1ccc(F)cc1)C(CN)c1cc(Br)ccc1Cl. The molecule has 1 atom stereocenters. The molecule has 2 nitrogen and oxygen atoms in total. The molecule has 0 saturated heterocycles. The Balaban J connectivity index is 2.36. The van der Waals surface area contributed by atoms with Crippen molar-refractivity contribution in [2.24, 2.45) is 5.73 Å². The van der Waals surface area contributed by atoms with Gasteiger partial charge in [0.1, 0.15) is 5.82 Å². The number of benzene rings is 2. The van der Waals surface area contributed by atoms with Gasteiger partial charge >= 0.3 is 0 Å². The second kappa shape index (κ2) is 6.57. The van der Waals surface area contributed by atoms with Gasteiger partial charge in [-0.3, -0.25) is 0 Å². The number of nitrogens with zero attached hydrogens (tertiary/aromatic N) is 1. The van der Waals surface area contributed by atoms with Gasteiger partial charge in [0.25, 0.3) is 0 Å². The second-order valence-electron chi connectivity index (χ2n) is 4.50. The highest BCUT2D eigenvalue weighted by Crippen LogP contribution is 2.31. The van der Waals surface area contributed by atoms with Crippen LogP contribution in [0.1, 0.15) is 11.6 Å². The lowest BCUT2D eigenvalue weighted by Crippen LogP contribution is -2.30. The Hall–Kier alpha value is -1.10. The van der Waals surface area contributed by atoms with Crippen LogP contribution in [0.15, 0.2) is 46.9 Å². The molecule has 0 aliphatic rings. The molecular weight excluding hydrogens is 343 g/mol. The molecule has 0 aromatic heterocycles. The molecule has 1 unspecified atom stereocenters. The highest BCUT2D eigenvalue weighted by atomic mass is 79.9. The van der Waals surface area contributed by atoms with E-state index in [0.29, 0.717) is 11.6 Å². The predicted octanol–water partition coefficient (Wildman–Crippen LogP) is 4.38. The number of hydrogen-bond acceptors (Lipinski definition) is 2. The Morgan fingerprint density at radius 3 is 2.50 bits per heavy atom. The van der Waals surface area contributed by atoms with Crippen molar-refractivity contribution in [2.45, 2.75) is 6.04 Å². The zero-order valence-corrected chi connectivity index (χ0v) is 13.3. The van der Waals surface area contributed by atoms with E-state index in [1.165, 1.54) is 12.1 Å². The standard InChI is InChI=1S/C15H15BrClFN2/c1-20(12-5-3-11(18)4-6-12)15(9-19)13-8-10(16)2-7-14(13)17/h2-8,15H,9,19H2,1H3. The van der Waals surface area contributed by atoms with Crippen molar-refractivity contribution in [1.82, 2.24) is 0 Å². The second-order valence-corrected chi connectivity index (χ2v) is 5.83. The fourth-order valence-corrected chi connectivity index (χ4v) is 2.74. The van der Waals surface area contributed by atoms with Crippen molar-refractivity contribution in [3.05, 3.63) is 63.3 Å². The molecule has 0 heterocycles. The minimum Gasteiger partial charge on any atom is -0.366 e. The summed E-state index contributed by atoms with van der Waals surface area (Å²) in [5.74, 6) is -0.257. The maximum absolute atomic E-state index is 13.0. The lowest BCUT2D eigenvalue weighted by molar-refractivity contribution is 0.626. The van der Waals surface area contributed by atoms with E-state index in [-0.39, 0.29) is 11.9 Å². The van der Waals surface area contributed by atoms with E-state index in [4.69, 9.17) is 17.3 Å². The maximum Gasteiger partial charge on any atom is 0.123 e. The van der Waals surface area contributed by atoms with E-state index in [1.807, 2.05) is 30.1 Å². The van der Waals surface area contributed by atoms with Gasteiger partial charge in [0.2, 0.25) is 0 Å². The Kier molecular flexibility index (Phi) is 5.02. The summed E-state index contributed by atoms with van der Waals surface area (Å²) in [6.45, 7) is 0.407. The quantitative estimate of drug-likeness (QED) is 0.880. The molecule has 2 rings (SSSR count). The van der Waals surface area contributed by atoms with Crippen molar-refractivity contribution in [3.8, 4) is 0 Å². The van der Waals surface area contributed by atoms with Gasteiger partial charge in [0, 0.05) is 28.8 Å². The maximum atomic E-state index is 13.0. The summed E-state index contributed by atoms with van der Waals surface area (Å²) in [5.41, 5.74) is 7.73. The summed E-state index contributed by atoms with van der Waals surface area (Å²) in [7, 11) is 1.92. The molecule has 0 radical (unpaired) electrons. The van der Waals surface area contributed by atoms with Gasteiger partial charge in [-0.15, -0.1) is 0 Å². The van der Waals surface area contributed by atoms with E-state index in [9.17, 15) is 4.39 Å². The zero-order chi connectivity index (χ0) is 14.7. The summed E-state index contributed by atoms with van der Waals surface area (Å²) < 4.78 is 13.9.